The van der Waals surface area contributed by atoms with Crippen LogP contribution in [-0.2, 0) is 6.18 Å². The third-order valence-electron chi connectivity index (χ3n) is 5.04. The molecule has 2 aliphatic rings. The summed E-state index contributed by atoms with van der Waals surface area (Å²) in [6.07, 6.45) is 0.703. The fourth-order valence-electron chi connectivity index (χ4n) is 3.71. The Labute approximate surface area is 146 Å². The van der Waals surface area contributed by atoms with Crippen LogP contribution in [0.3, 0.4) is 0 Å². The van der Waals surface area contributed by atoms with Gasteiger partial charge < -0.3 is 4.90 Å². The number of alkyl halides is 3. The molecule has 3 rings (SSSR count). The van der Waals surface area contributed by atoms with Crippen molar-refractivity contribution in [1.82, 2.24) is 9.21 Å². The van der Waals surface area contributed by atoms with Crippen molar-refractivity contribution in [1.29, 1.82) is 0 Å². The van der Waals surface area contributed by atoms with E-state index < -0.39 is 11.7 Å². The average Bonchev–Trinajstić information content (AvgIpc) is 2.55. The maximum Gasteiger partial charge on any atom is 0.416 e. The van der Waals surface area contributed by atoms with Crippen LogP contribution in [-0.4, -0.2) is 41.4 Å². The molecule has 0 radical (unpaired) electrons. The summed E-state index contributed by atoms with van der Waals surface area (Å²) in [6, 6.07) is 6.17. The Bertz CT molecular complexity index is 524. The van der Waals surface area contributed by atoms with Crippen LogP contribution in [0.4, 0.5) is 13.2 Å². The Morgan fingerprint density at radius 1 is 1.00 bits per heavy atom. The highest BCUT2D eigenvalue weighted by molar-refractivity contribution is 7.97. The van der Waals surface area contributed by atoms with Crippen LogP contribution in [0.2, 0.25) is 0 Å². The van der Waals surface area contributed by atoms with E-state index in [-0.39, 0.29) is 0 Å². The first-order valence-electron chi connectivity index (χ1n) is 8.76. The highest BCUT2D eigenvalue weighted by Crippen LogP contribution is 2.33. The van der Waals surface area contributed by atoms with Gasteiger partial charge in [-0.1, -0.05) is 6.92 Å². The molecule has 1 atom stereocenters. The monoisotopic (exact) mass is 358 g/mol. The van der Waals surface area contributed by atoms with E-state index in [0.29, 0.717) is 6.04 Å². The normalized spacial score (nSPS) is 25.1. The number of halogens is 3. The predicted octanol–water partition coefficient (Wildman–Crippen LogP) is 4.91. The molecule has 0 saturated carbocycles. The zero-order chi connectivity index (χ0) is 17.2. The molecule has 1 aromatic carbocycles. The molecule has 2 fully saturated rings. The minimum Gasteiger partial charge on any atom is -0.300 e. The maximum absolute atomic E-state index is 12.6. The second kappa shape index (κ2) is 7.67. The molecule has 1 aromatic rings. The highest BCUT2D eigenvalue weighted by atomic mass is 32.2. The SMILES string of the molecule is CC1CCCN(C2CCN(Sc3ccc(C(F)(F)F)cc3)CC2)C1. The fourth-order valence-corrected chi connectivity index (χ4v) is 4.66. The Kier molecular flexibility index (Phi) is 5.78. The fraction of sp³-hybridized carbons (Fsp3) is 0.667. The Hall–Kier alpha value is -0.720. The largest absolute Gasteiger partial charge is 0.416 e. The van der Waals surface area contributed by atoms with Crippen LogP contribution >= 0.6 is 11.9 Å². The van der Waals surface area contributed by atoms with Gasteiger partial charge in [0, 0.05) is 30.6 Å². The molecule has 0 spiro atoms. The van der Waals surface area contributed by atoms with Gasteiger partial charge in [0.05, 0.1) is 5.56 Å². The minimum absolute atomic E-state index is 0.579. The van der Waals surface area contributed by atoms with Crippen molar-refractivity contribution in [3.8, 4) is 0 Å². The summed E-state index contributed by atoms with van der Waals surface area (Å²) in [5.74, 6) is 0.804. The van der Waals surface area contributed by atoms with Gasteiger partial charge in [-0.3, -0.25) is 0 Å². The van der Waals surface area contributed by atoms with Gasteiger partial charge in [0.1, 0.15) is 0 Å². The highest BCUT2D eigenvalue weighted by Gasteiger charge is 2.30. The van der Waals surface area contributed by atoms with Gasteiger partial charge in [-0.25, -0.2) is 4.31 Å². The molecule has 24 heavy (non-hydrogen) atoms. The van der Waals surface area contributed by atoms with Gasteiger partial charge >= 0.3 is 6.18 Å². The number of nitrogens with zero attached hydrogens (tertiary/aromatic N) is 2. The predicted molar refractivity (Wildman–Crippen MR) is 91.9 cm³/mol. The summed E-state index contributed by atoms with van der Waals surface area (Å²) in [4.78, 5) is 3.53. The van der Waals surface area contributed by atoms with Crippen molar-refractivity contribution in [3.63, 3.8) is 0 Å². The molecule has 6 heteroatoms. The van der Waals surface area contributed by atoms with Gasteiger partial charge in [0.15, 0.2) is 0 Å². The zero-order valence-electron chi connectivity index (χ0n) is 14.1. The summed E-state index contributed by atoms with van der Waals surface area (Å²) in [6.45, 7) is 6.78. The first-order valence-corrected chi connectivity index (χ1v) is 9.53. The number of benzene rings is 1. The Morgan fingerprint density at radius 2 is 1.67 bits per heavy atom. The quantitative estimate of drug-likeness (QED) is 0.709. The lowest BCUT2D eigenvalue weighted by Gasteiger charge is -2.41. The third-order valence-corrected chi connectivity index (χ3v) is 6.15. The van der Waals surface area contributed by atoms with Gasteiger partial charge in [-0.2, -0.15) is 13.2 Å². The average molecular weight is 358 g/mol. The summed E-state index contributed by atoms with van der Waals surface area (Å²) in [7, 11) is 0. The van der Waals surface area contributed by atoms with E-state index in [1.807, 2.05) is 0 Å². The number of piperidine rings is 2. The van der Waals surface area contributed by atoms with E-state index in [0.717, 1.165) is 36.7 Å². The van der Waals surface area contributed by atoms with Crippen LogP contribution in [0.5, 0.6) is 0 Å². The van der Waals surface area contributed by atoms with Crippen LogP contribution in [0.15, 0.2) is 29.2 Å². The smallest absolute Gasteiger partial charge is 0.300 e. The Balaban J connectivity index is 1.48. The van der Waals surface area contributed by atoms with Crippen molar-refractivity contribution < 1.29 is 13.2 Å². The first-order chi connectivity index (χ1) is 11.4. The van der Waals surface area contributed by atoms with Crippen LogP contribution in [0, 0.1) is 5.92 Å². The number of rotatable bonds is 3. The van der Waals surface area contributed by atoms with Gasteiger partial charge in [0.25, 0.3) is 0 Å². The maximum atomic E-state index is 12.6. The van der Waals surface area contributed by atoms with Gasteiger partial charge in [-0.05, 0) is 74.4 Å². The van der Waals surface area contributed by atoms with E-state index in [1.165, 1.54) is 38.1 Å². The van der Waals surface area contributed by atoms with Crippen LogP contribution in [0.25, 0.3) is 0 Å². The number of likely N-dealkylation sites (tertiary alicyclic amines) is 1. The topological polar surface area (TPSA) is 6.48 Å². The molecular formula is C18H25F3N2S. The summed E-state index contributed by atoms with van der Waals surface area (Å²) in [5, 5.41) is 0. The van der Waals surface area contributed by atoms with Crippen molar-refractivity contribution in [3.05, 3.63) is 29.8 Å². The van der Waals surface area contributed by atoms with E-state index in [1.54, 1.807) is 24.1 Å². The lowest BCUT2D eigenvalue weighted by Crippen LogP contribution is -2.46. The molecule has 0 N–H and O–H groups in total. The van der Waals surface area contributed by atoms with E-state index in [9.17, 15) is 13.2 Å². The molecule has 134 valence electrons. The standard InChI is InChI=1S/C18H25F3N2S/c1-14-3-2-10-22(13-14)16-8-11-23(12-9-16)24-17-6-4-15(5-7-17)18(19,20)21/h4-7,14,16H,2-3,8-13H2,1H3. The van der Waals surface area contributed by atoms with Crippen LogP contribution in [0.1, 0.15) is 38.2 Å². The molecular weight excluding hydrogens is 333 g/mol. The van der Waals surface area contributed by atoms with Crippen molar-refractivity contribution >= 4 is 11.9 Å². The molecule has 2 heterocycles. The lowest BCUT2D eigenvalue weighted by atomic mass is 9.96. The number of hydrogen-bond acceptors (Lipinski definition) is 3. The molecule has 2 aliphatic heterocycles. The first kappa shape index (κ1) is 18.1. The zero-order valence-corrected chi connectivity index (χ0v) is 14.9. The molecule has 1 unspecified atom stereocenters. The van der Waals surface area contributed by atoms with E-state index in [4.69, 9.17) is 0 Å². The molecule has 2 saturated heterocycles. The molecule has 0 aliphatic carbocycles. The summed E-state index contributed by atoms with van der Waals surface area (Å²) < 4.78 is 40.1. The van der Waals surface area contributed by atoms with Gasteiger partial charge in [0.2, 0.25) is 0 Å². The molecule has 0 bridgehead atoms. The summed E-state index contributed by atoms with van der Waals surface area (Å²) >= 11 is 1.58. The summed E-state index contributed by atoms with van der Waals surface area (Å²) in [5.41, 5.74) is -0.579. The van der Waals surface area contributed by atoms with Gasteiger partial charge in [-0.15, -0.1) is 0 Å². The lowest BCUT2D eigenvalue weighted by molar-refractivity contribution is -0.137. The second-order valence-electron chi connectivity index (χ2n) is 7.02. The molecule has 2 nitrogen and oxygen atoms in total. The second-order valence-corrected chi connectivity index (χ2v) is 8.19. The van der Waals surface area contributed by atoms with Crippen molar-refractivity contribution in [2.45, 2.75) is 49.7 Å². The third kappa shape index (κ3) is 4.67. The molecule has 0 aromatic heterocycles. The number of hydrogen-bond donors (Lipinski definition) is 0. The van der Waals surface area contributed by atoms with Crippen molar-refractivity contribution in [2.75, 3.05) is 26.2 Å². The molecule has 0 amide bonds. The van der Waals surface area contributed by atoms with Crippen LogP contribution < -0.4 is 0 Å². The van der Waals surface area contributed by atoms with E-state index in [2.05, 4.69) is 16.1 Å². The van der Waals surface area contributed by atoms with E-state index >= 15 is 0 Å². The Morgan fingerprint density at radius 3 is 2.25 bits per heavy atom. The minimum atomic E-state index is -4.26. The van der Waals surface area contributed by atoms with Crippen molar-refractivity contribution in [2.24, 2.45) is 5.92 Å².